The van der Waals surface area contributed by atoms with Crippen molar-refractivity contribution in [1.82, 2.24) is 101 Å². The van der Waals surface area contributed by atoms with Crippen LogP contribution in [-0.4, -0.2) is 271 Å². The molecule has 0 aromatic heterocycles. The summed E-state index contributed by atoms with van der Waals surface area (Å²) in [4.78, 5) is 204. The first kappa shape index (κ1) is 112. The molecule has 136 heavy (non-hydrogen) atoms. The number of carbonyl (C=O) groups is 14. The average Bonchev–Trinajstić information content (AvgIpc) is 1.36. The van der Waals surface area contributed by atoms with Gasteiger partial charge in [0, 0.05) is 58.7 Å². The van der Waals surface area contributed by atoms with Crippen molar-refractivity contribution in [3.05, 3.63) is 96.1 Å². The molecule has 4 aromatic carbocycles. The van der Waals surface area contributed by atoms with Crippen LogP contribution in [0.4, 0.5) is 0 Å². The summed E-state index contributed by atoms with van der Waals surface area (Å²) in [5.41, 5.74) is 40.1. The molecule has 1 unspecified atom stereocenters. The lowest BCUT2D eigenvalue weighted by Gasteiger charge is -2.31. The largest absolute Gasteiger partial charge is 0.480 e. The van der Waals surface area contributed by atoms with Crippen molar-refractivity contribution < 1.29 is 77.3 Å². The van der Waals surface area contributed by atoms with Gasteiger partial charge in [0.15, 0.2) is 35.8 Å². The number of guanidine groups is 6. The summed E-state index contributed by atoms with van der Waals surface area (Å²) in [6, 6.07) is 5.08. The fourth-order valence-electron chi connectivity index (χ4n) is 14.9. The van der Waals surface area contributed by atoms with E-state index in [9.17, 15) is 58.2 Å². The number of carboxylic acids is 1. The van der Waals surface area contributed by atoms with Gasteiger partial charge in [0.2, 0.25) is 76.8 Å². The van der Waals surface area contributed by atoms with E-state index in [0.717, 1.165) is 21.5 Å². The molecular formula is C88H140N32O16. The molecule has 1 aliphatic heterocycles. The molecule has 0 aliphatic carbocycles. The van der Waals surface area contributed by atoms with Crippen LogP contribution in [0.2, 0.25) is 0 Å². The molecule has 0 saturated carbocycles. The van der Waals surface area contributed by atoms with Gasteiger partial charge in [-0.15, -0.1) is 0 Å². The number of hydrogen-bond donors (Lipinski definition) is 33. The van der Waals surface area contributed by atoms with Crippen molar-refractivity contribution in [1.29, 1.82) is 32.5 Å². The molecule has 4 aromatic rings. The van der Waals surface area contributed by atoms with Crippen LogP contribution >= 0.6 is 0 Å². The van der Waals surface area contributed by atoms with Gasteiger partial charge in [0.05, 0.1) is 12.6 Å². The number of benzene rings is 4. The zero-order chi connectivity index (χ0) is 101. The summed E-state index contributed by atoms with van der Waals surface area (Å²) in [6.45, 7) is 8.88. The number of amides is 13. The van der Waals surface area contributed by atoms with Gasteiger partial charge in [-0.25, -0.2) is 4.79 Å². The Morgan fingerprint density at radius 3 is 1.07 bits per heavy atom. The Morgan fingerprint density at radius 1 is 0.382 bits per heavy atom. The van der Waals surface area contributed by atoms with E-state index in [2.05, 4.69) is 95.7 Å². The second kappa shape index (κ2) is 57.8. The van der Waals surface area contributed by atoms with E-state index in [0.29, 0.717) is 11.1 Å². The van der Waals surface area contributed by atoms with E-state index >= 15 is 19.2 Å². The topological polar surface area (TPSA) is 824 Å². The van der Waals surface area contributed by atoms with Gasteiger partial charge in [-0.2, -0.15) is 0 Å². The molecule has 0 spiro atoms. The molecular weight excluding hydrogens is 1760 g/mol. The second-order valence-electron chi connectivity index (χ2n) is 34.0. The van der Waals surface area contributed by atoms with E-state index in [1.807, 2.05) is 48.5 Å². The SMILES string of the molecule is CC[C@H](C)[C@H](NC(=O)[C@H](CC(C)C)NC(=O)[C@H](CO)NC(=O)[C@H](CCCNC(=N)N)NC(=O)[C@H](C)N)C(=O)N[C@@H](Cc1ccc2ccccc2c1)C(=O)N[C@@H](CCCNC(=N)N)C(=O)N1CCCC1C(=O)N[C@@H](C)C(=O)N[C@@H](CCCNC(=N)N)C(=O)N[C@@H](CCCNC(=N)N)C(=O)N[C@@H](Cc1ccc2ccccc2c1)C(=O)N[C@@H](CCCNC(=N)N)C(=O)N[C@@H](CCCNC(=N)N)C(=O)O. The lowest BCUT2D eigenvalue weighted by atomic mass is 9.95. The number of likely N-dealkylation sites (tertiary alicyclic amines) is 1. The lowest BCUT2D eigenvalue weighted by molar-refractivity contribution is -0.142. The number of aliphatic hydroxyl groups is 1. The predicted molar refractivity (Wildman–Crippen MR) is 511 cm³/mol. The number of nitrogens with two attached hydrogens (primary N) is 7. The van der Waals surface area contributed by atoms with E-state index in [1.54, 1.807) is 64.1 Å². The Balaban J connectivity index is 1.45. The fourth-order valence-corrected chi connectivity index (χ4v) is 14.9. The molecule has 5 rings (SSSR count). The van der Waals surface area contributed by atoms with Crippen molar-refractivity contribution in [2.45, 2.75) is 242 Å². The third-order valence-corrected chi connectivity index (χ3v) is 22.4. The Kier molecular flexibility index (Phi) is 47.6. The number of aliphatic carboxylic acids is 1. The van der Waals surface area contributed by atoms with Gasteiger partial charge < -0.3 is 151 Å². The highest BCUT2D eigenvalue weighted by Gasteiger charge is 2.42. The molecule has 15 atom stereocenters. The smallest absolute Gasteiger partial charge is 0.326 e. The number of carboxylic acid groups (broad SMARTS) is 1. The first-order valence-electron chi connectivity index (χ1n) is 45.5. The first-order chi connectivity index (χ1) is 64.5. The second-order valence-corrected chi connectivity index (χ2v) is 34.0. The zero-order valence-corrected chi connectivity index (χ0v) is 77.8. The van der Waals surface area contributed by atoms with E-state index in [-0.39, 0.29) is 179 Å². The van der Waals surface area contributed by atoms with Crippen molar-refractivity contribution in [3.63, 3.8) is 0 Å². The maximum atomic E-state index is 15.4. The number of carbonyl (C=O) groups excluding carboxylic acids is 13. The van der Waals surface area contributed by atoms with Gasteiger partial charge >= 0.3 is 5.97 Å². The van der Waals surface area contributed by atoms with E-state index in [4.69, 9.17) is 72.6 Å². The number of fused-ring (bicyclic) bond motifs is 2. The van der Waals surface area contributed by atoms with Gasteiger partial charge in [-0.3, -0.25) is 94.8 Å². The Bertz CT molecular complexity index is 4810. The van der Waals surface area contributed by atoms with E-state index < -0.39 is 204 Å². The molecule has 48 nitrogen and oxygen atoms in total. The van der Waals surface area contributed by atoms with Crippen LogP contribution in [0.15, 0.2) is 84.9 Å². The lowest BCUT2D eigenvalue weighted by Crippen LogP contribution is -2.62. The highest BCUT2D eigenvalue weighted by atomic mass is 16.4. The standard InChI is InChI=1S/C88H140N32O16/c1-7-48(4)68(119-77(130)63(41-47(2)3)115-78(131)66(46-121)118-74(127)57(109-69(122)49(5)89)23-12-34-102-83(90)91)80(133)117-65(45-52-31-33-54-20-9-11-22-56(54)43-52)76(129)113-61(27-16-38-106-87(98)99)81(134)120-40-18-29-67(120)79(132)108-50(6)70(123)110-58(24-13-35-103-84(92)93)71(124)111-60(26-15-37-105-86(96)97)73(126)116-64(44-51-30-32-53-19-8-10-21-55(53)42-51)75(128)112-59(25-14-36-104-85(94)95)72(125)114-62(82(135)136)28-17-39-107-88(100)101/h8-11,19-22,30-33,42-43,47-50,57-68,121H,7,12-18,23-29,34-41,44-46,89H2,1-6H3,(H,108,132)(H,109,122)(H,110,123)(H,111,124)(H,112,128)(H,113,129)(H,114,125)(H,115,131)(H,116,126)(H,117,133)(H,118,127)(H,119,130)(H,135,136)(H4,90,91,102)(H4,92,93,103)(H4,94,95,104)(H4,96,97,105)(H4,98,99,106)(H4,100,101,107)/t48-,49-,50-,57-,58-,59-,60-,61-,62-,63-,64-,65-,66-,67?,68-/m0/s1. The third kappa shape index (κ3) is 39.7. The van der Waals surface area contributed by atoms with Gasteiger partial charge in [0.25, 0.3) is 0 Å². The van der Waals surface area contributed by atoms with Crippen LogP contribution in [0.3, 0.4) is 0 Å². The molecule has 1 aliphatic rings. The maximum Gasteiger partial charge on any atom is 0.326 e. The fraction of sp³-hybridized carbons (Fsp3) is 0.545. The van der Waals surface area contributed by atoms with Crippen LogP contribution < -0.4 is 136 Å². The first-order valence-corrected chi connectivity index (χ1v) is 45.5. The van der Waals surface area contributed by atoms with Crippen molar-refractivity contribution >= 4 is 140 Å². The average molecular weight is 1900 g/mol. The number of rotatable bonds is 59. The summed E-state index contributed by atoms with van der Waals surface area (Å²) in [7, 11) is 0. The highest BCUT2D eigenvalue weighted by molar-refractivity contribution is 6.01. The molecule has 40 N–H and O–H groups in total. The summed E-state index contributed by atoms with van der Waals surface area (Å²) in [5, 5.41) is 118. The Labute approximate surface area is 789 Å². The highest BCUT2D eigenvalue weighted by Crippen LogP contribution is 2.24. The molecule has 0 radical (unpaired) electrons. The molecule has 1 saturated heterocycles. The number of nitrogens with zero attached hydrogens (tertiary/aromatic N) is 1. The third-order valence-electron chi connectivity index (χ3n) is 22.4. The minimum Gasteiger partial charge on any atom is -0.480 e. The minimum atomic E-state index is -1.68. The molecule has 1 fully saturated rings. The van der Waals surface area contributed by atoms with Gasteiger partial charge in [0.1, 0.15) is 78.5 Å². The molecule has 1 heterocycles. The van der Waals surface area contributed by atoms with Crippen molar-refractivity contribution in [2.24, 2.45) is 52.0 Å². The maximum absolute atomic E-state index is 15.4. The Morgan fingerprint density at radius 2 is 0.699 bits per heavy atom. The van der Waals surface area contributed by atoms with Gasteiger partial charge in [-0.05, 0) is 155 Å². The number of aliphatic hydroxyl groups excluding tert-OH is 1. The van der Waals surface area contributed by atoms with Crippen LogP contribution in [-0.2, 0) is 80.0 Å². The quantitative estimate of drug-likeness (QED) is 0.0112. The molecule has 0 bridgehead atoms. The molecule has 13 amide bonds. The number of hydrogen-bond acceptors (Lipinski definition) is 22. The van der Waals surface area contributed by atoms with Crippen LogP contribution in [0.5, 0.6) is 0 Å². The predicted octanol–water partition coefficient (Wildman–Crippen LogP) is -5.30. The summed E-state index contributed by atoms with van der Waals surface area (Å²) >= 11 is 0. The normalized spacial score (nSPS) is 15.3. The monoisotopic (exact) mass is 1900 g/mol. The number of nitrogens with one attached hydrogen (secondary N) is 24. The summed E-state index contributed by atoms with van der Waals surface area (Å²) < 4.78 is 0. The van der Waals surface area contributed by atoms with Crippen molar-refractivity contribution in [2.75, 3.05) is 52.4 Å². The van der Waals surface area contributed by atoms with Crippen LogP contribution in [0.25, 0.3) is 21.5 Å². The van der Waals surface area contributed by atoms with Crippen LogP contribution in [0.1, 0.15) is 155 Å². The summed E-state index contributed by atoms with van der Waals surface area (Å²) in [5.74, 6) is -16.3. The Hall–Kier alpha value is -14.5. The van der Waals surface area contributed by atoms with Crippen molar-refractivity contribution in [3.8, 4) is 0 Å². The molecule has 748 valence electrons. The van der Waals surface area contributed by atoms with Gasteiger partial charge in [-0.1, -0.05) is 119 Å². The molecule has 48 heteroatoms. The van der Waals surface area contributed by atoms with Crippen LogP contribution in [0, 0.1) is 44.3 Å². The zero-order valence-electron chi connectivity index (χ0n) is 77.8. The minimum absolute atomic E-state index is 0.00721. The summed E-state index contributed by atoms with van der Waals surface area (Å²) in [6.07, 6.45) is -0.205. The van der Waals surface area contributed by atoms with E-state index in [1.165, 1.54) is 18.7 Å².